The lowest BCUT2D eigenvalue weighted by Crippen LogP contribution is -2.12. The van der Waals surface area contributed by atoms with Crippen molar-refractivity contribution in [2.75, 3.05) is 12.8 Å². The van der Waals surface area contributed by atoms with E-state index in [2.05, 4.69) is 9.97 Å². The number of nitrogen functional groups attached to an aromatic ring is 1. The molecule has 2 N–H and O–H groups in total. The predicted octanol–water partition coefficient (Wildman–Crippen LogP) is 3.29. The highest BCUT2D eigenvalue weighted by atomic mass is 16.5. The summed E-state index contributed by atoms with van der Waals surface area (Å²) >= 11 is 0. The zero-order valence-electron chi connectivity index (χ0n) is 12.6. The van der Waals surface area contributed by atoms with Crippen LogP contribution in [0.15, 0.2) is 48.5 Å². The van der Waals surface area contributed by atoms with Gasteiger partial charge < -0.3 is 15.2 Å². The van der Waals surface area contributed by atoms with Crippen molar-refractivity contribution in [3.63, 3.8) is 0 Å². The number of benzene rings is 2. The standard InChI is InChI=1S/C18H15N3O2/c1-22-12-8-6-11(7-9-12)16-14-10-23-15-5-3-2-4-13(15)17(14)21-18(19)20-16/h2-9H,10H2,1H3,(H2,19,20,21). The van der Waals surface area contributed by atoms with Gasteiger partial charge in [0.15, 0.2) is 0 Å². The van der Waals surface area contributed by atoms with E-state index in [1.54, 1.807) is 7.11 Å². The molecule has 2 aromatic carbocycles. The fraction of sp³-hybridized carbons (Fsp3) is 0.111. The van der Waals surface area contributed by atoms with Crippen molar-refractivity contribution in [1.29, 1.82) is 0 Å². The summed E-state index contributed by atoms with van der Waals surface area (Å²) in [7, 11) is 1.64. The Hall–Kier alpha value is -3.08. The summed E-state index contributed by atoms with van der Waals surface area (Å²) in [4.78, 5) is 8.87. The van der Waals surface area contributed by atoms with E-state index in [1.165, 1.54) is 0 Å². The number of anilines is 1. The second kappa shape index (κ2) is 5.28. The second-order valence-corrected chi connectivity index (χ2v) is 5.27. The summed E-state index contributed by atoms with van der Waals surface area (Å²) in [5.41, 5.74) is 10.4. The molecule has 1 aliphatic rings. The molecule has 23 heavy (non-hydrogen) atoms. The van der Waals surface area contributed by atoms with Crippen LogP contribution in [0.1, 0.15) is 5.56 Å². The van der Waals surface area contributed by atoms with E-state index in [1.807, 2.05) is 48.5 Å². The number of aromatic nitrogens is 2. The average molecular weight is 305 g/mol. The molecule has 0 bridgehead atoms. The topological polar surface area (TPSA) is 70.3 Å². The van der Waals surface area contributed by atoms with E-state index in [-0.39, 0.29) is 5.95 Å². The van der Waals surface area contributed by atoms with Crippen molar-refractivity contribution < 1.29 is 9.47 Å². The second-order valence-electron chi connectivity index (χ2n) is 5.27. The molecule has 0 saturated heterocycles. The predicted molar refractivity (Wildman–Crippen MR) is 88.2 cm³/mol. The van der Waals surface area contributed by atoms with Crippen molar-refractivity contribution in [2.24, 2.45) is 0 Å². The number of ether oxygens (including phenoxy) is 2. The minimum atomic E-state index is 0.256. The largest absolute Gasteiger partial charge is 0.497 e. The quantitative estimate of drug-likeness (QED) is 0.786. The summed E-state index contributed by atoms with van der Waals surface area (Å²) in [6.07, 6.45) is 0. The van der Waals surface area contributed by atoms with Crippen LogP contribution in [0.2, 0.25) is 0 Å². The molecule has 5 nitrogen and oxygen atoms in total. The minimum absolute atomic E-state index is 0.256. The Morgan fingerprint density at radius 3 is 2.52 bits per heavy atom. The summed E-state index contributed by atoms with van der Waals surface area (Å²) in [6, 6.07) is 15.5. The molecule has 0 fully saturated rings. The number of rotatable bonds is 2. The Kier molecular flexibility index (Phi) is 3.12. The fourth-order valence-electron chi connectivity index (χ4n) is 2.79. The van der Waals surface area contributed by atoms with E-state index in [0.29, 0.717) is 6.61 Å². The van der Waals surface area contributed by atoms with Gasteiger partial charge in [0.1, 0.15) is 18.1 Å². The molecule has 0 aliphatic carbocycles. The number of nitrogens with two attached hydrogens (primary N) is 1. The van der Waals surface area contributed by atoms with Crippen molar-refractivity contribution >= 4 is 5.95 Å². The van der Waals surface area contributed by atoms with Crippen LogP contribution in [0.25, 0.3) is 22.5 Å². The van der Waals surface area contributed by atoms with Crippen LogP contribution in [0.4, 0.5) is 5.95 Å². The van der Waals surface area contributed by atoms with Crippen LogP contribution in [-0.2, 0) is 6.61 Å². The normalized spacial score (nSPS) is 12.0. The van der Waals surface area contributed by atoms with Crippen molar-refractivity contribution in [1.82, 2.24) is 9.97 Å². The van der Waals surface area contributed by atoms with Crippen molar-refractivity contribution in [3.8, 4) is 34.0 Å². The van der Waals surface area contributed by atoms with Gasteiger partial charge in [-0.1, -0.05) is 12.1 Å². The minimum Gasteiger partial charge on any atom is -0.497 e. The summed E-state index contributed by atoms with van der Waals surface area (Å²) in [6.45, 7) is 0.425. The van der Waals surface area contributed by atoms with Crippen LogP contribution in [0.5, 0.6) is 11.5 Å². The van der Waals surface area contributed by atoms with Crippen molar-refractivity contribution in [2.45, 2.75) is 6.61 Å². The van der Waals surface area contributed by atoms with Gasteiger partial charge in [-0.25, -0.2) is 9.97 Å². The maximum absolute atomic E-state index is 5.95. The molecule has 0 saturated carbocycles. The van der Waals surface area contributed by atoms with E-state index in [0.717, 1.165) is 39.6 Å². The number of hydrogen-bond acceptors (Lipinski definition) is 5. The SMILES string of the molecule is COc1ccc(-c2nc(N)nc3c2COc2ccccc2-3)cc1. The third kappa shape index (κ3) is 2.26. The van der Waals surface area contributed by atoms with Gasteiger partial charge in [-0.15, -0.1) is 0 Å². The average Bonchev–Trinajstić information content (AvgIpc) is 2.61. The first kappa shape index (κ1) is 13.6. The Morgan fingerprint density at radius 2 is 1.74 bits per heavy atom. The molecule has 114 valence electrons. The van der Waals surface area contributed by atoms with Gasteiger partial charge in [-0.3, -0.25) is 0 Å². The molecule has 0 amide bonds. The van der Waals surface area contributed by atoms with E-state index < -0.39 is 0 Å². The Labute approximate surface area is 133 Å². The Morgan fingerprint density at radius 1 is 1.00 bits per heavy atom. The first-order valence-corrected chi connectivity index (χ1v) is 7.29. The highest BCUT2D eigenvalue weighted by molar-refractivity contribution is 5.79. The van der Waals surface area contributed by atoms with Crippen LogP contribution < -0.4 is 15.2 Å². The van der Waals surface area contributed by atoms with Gasteiger partial charge in [-0.05, 0) is 36.4 Å². The van der Waals surface area contributed by atoms with Crippen LogP contribution in [-0.4, -0.2) is 17.1 Å². The van der Waals surface area contributed by atoms with Gasteiger partial charge in [0.2, 0.25) is 5.95 Å². The van der Waals surface area contributed by atoms with Crippen LogP contribution >= 0.6 is 0 Å². The molecule has 0 spiro atoms. The van der Waals surface area contributed by atoms with Crippen molar-refractivity contribution in [3.05, 3.63) is 54.1 Å². The molecule has 0 unspecified atom stereocenters. The third-order valence-electron chi connectivity index (χ3n) is 3.90. The maximum Gasteiger partial charge on any atom is 0.221 e. The number of methoxy groups -OCH3 is 1. The first-order chi connectivity index (χ1) is 11.3. The van der Waals surface area contributed by atoms with Crippen LogP contribution in [0, 0.1) is 0 Å². The molecular formula is C18H15N3O2. The van der Waals surface area contributed by atoms with E-state index in [4.69, 9.17) is 15.2 Å². The van der Waals surface area contributed by atoms with Gasteiger partial charge >= 0.3 is 0 Å². The number of para-hydroxylation sites is 1. The Bertz CT molecular complexity index is 876. The monoisotopic (exact) mass is 305 g/mol. The maximum atomic E-state index is 5.95. The molecule has 0 atom stereocenters. The van der Waals surface area contributed by atoms with Gasteiger partial charge in [0.25, 0.3) is 0 Å². The smallest absolute Gasteiger partial charge is 0.221 e. The first-order valence-electron chi connectivity index (χ1n) is 7.29. The molecule has 4 rings (SSSR count). The zero-order chi connectivity index (χ0) is 15.8. The lowest BCUT2D eigenvalue weighted by molar-refractivity contribution is 0.301. The highest BCUT2D eigenvalue weighted by Crippen LogP contribution is 2.39. The molecule has 1 aliphatic heterocycles. The van der Waals surface area contributed by atoms with E-state index in [9.17, 15) is 0 Å². The molecule has 5 heteroatoms. The summed E-state index contributed by atoms with van der Waals surface area (Å²) < 4.78 is 11.1. The fourth-order valence-corrected chi connectivity index (χ4v) is 2.79. The highest BCUT2D eigenvalue weighted by Gasteiger charge is 2.23. The number of fused-ring (bicyclic) bond motifs is 3. The summed E-state index contributed by atoms with van der Waals surface area (Å²) in [5, 5.41) is 0. The molecular weight excluding hydrogens is 290 g/mol. The number of nitrogens with zero attached hydrogens (tertiary/aromatic N) is 2. The van der Waals surface area contributed by atoms with Crippen LogP contribution in [0.3, 0.4) is 0 Å². The summed E-state index contributed by atoms with van der Waals surface area (Å²) in [5.74, 6) is 1.87. The third-order valence-corrected chi connectivity index (χ3v) is 3.90. The lowest BCUT2D eigenvalue weighted by atomic mass is 9.98. The molecule has 0 radical (unpaired) electrons. The molecule has 2 heterocycles. The number of hydrogen-bond donors (Lipinski definition) is 1. The lowest BCUT2D eigenvalue weighted by Gasteiger charge is -2.22. The zero-order valence-corrected chi connectivity index (χ0v) is 12.6. The van der Waals surface area contributed by atoms with Gasteiger partial charge in [0.05, 0.1) is 18.5 Å². The van der Waals surface area contributed by atoms with E-state index >= 15 is 0 Å². The molecule has 3 aromatic rings. The van der Waals surface area contributed by atoms with Gasteiger partial charge in [0, 0.05) is 16.7 Å². The molecule has 1 aromatic heterocycles. The van der Waals surface area contributed by atoms with Gasteiger partial charge in [-0.2, -0.15) is 0 Å². The Balaban J connectivity index is 1.91.